The van der Waals surface area contributed by atoms with Crippen LogP contribution in [0.25, 0.3) is 0 Å². The Morgan fingerprint density at radius 2 is 2.33 bits per heavy atom. The molecular weight excluding hydrogens is 154 g/mol. The monoisotopic (exact) mass is 163 g/mol. The molecule has 0 saturated carbocycles. The number of carbonyl (C=O) groups excluding carboxylic acids is 1. The van der Waals surface area contributed by atoms with Crippen molar-refractivity contribution in [2.45, 2.75) is 6.54 Å². The van der Waals surface area contributed by atoms with Crippen molar-refractivity contribution in [1.29, 1.82) is 0 Å². The number of fused-ring (bicyclic) bond motifs is 1. The van der Waals surface area contributed by atoms with Gasteiger partial charge in [0.15, 0.2) is 6.61 Å². The standard InChI is InChI=1S/C9H9NO2/c10-4-6-1-2-7-8(11)5-12-9(7)3-6/h1-3H,4-5,10H2. The van der Waals surface area contributed by atoms with Gasteiger partial charge < -0.3 is 10.5 Å². The molecule has 0 bridgehead atoms. The van der Waals surface area contributed by atoms with Crippen LogP contribution in [0.4, 0.5) is 0 Å². The Balaban J connectivity index is 2.48. The van der Waals surface area contributed by atoms with Gasteiger partial charge in [-0.2, -0.15) is 0 Å². The molecule has 0 aromatic heterocycles. The molecule has 1 aliphatic rings. The van der Waals surface area contributed by atoms with Gasteiger partial charge in [-0.25, -0.2) is 0 Å². The number of Topliss-reactive ketones (excluding diaryl/α,β-unsaturated/α-hetero) is 1. The van der Waals surface area contributed by atoms with Gasteiger partial charge >= 0.3 is 0 Å². The summed E-state index contributed by atoms with van der Waals surface area (Å²) >= 11 is 0. The Labute approximate surface area is 70.1 Å². The second-order valence-corrected chi connectivity index (χ2v) is 2.75. The fraction of sp³-hybridized carbons (Fsp3) is 0.222. The quantitative estimate of drug-likeness (QED) is 0.663. The number of hydrogen-bond donors (Lipinski definition) is 1. The van der Waals surface area contributed by atoms with Crippen LogP contribution in [0.3, 0.4) is 0 Å². The molecule has 0 fully saturated rings. The second-order valence-electron chi connectivity index (χ2n) is 2.75. The van der Waals surface area contributed by atoms with Gasteiger partial charge in [-0.1, -0.05) is 6.07 Å². The third-order valence-corrected chi connectivity index (χ3v) is 1.94. The summed E-state index contributed by atoms with van der Waals surface area (Å²) < 4.78 is 5.15. The summed E-state index contributed by atoms with van der Waals surface area (Å²) in [6.45, 7) is 0.647. The Hall–Kier alpha value is -1.35. The van der Waals surface area contributed by atoms with E-state index in [-0.39, 0.29) is 12.4 Å². The average molecular weight is 163 g/mol. The first-order valence-corrected chi connectivity index (χ1v) is 3.80. The van der Waals surface area contributed by atoms with Crippen molar-refractivity contribution in [3.8, 4) is 5.75 Å². The minimum absolute atomic E-state index is 0.0496. The van der Waals surface area contributed by atoms with E-state index in [1.54, 1.807) is 6.07 Å². The SMILES string of the molecule is NCc1ccc2c(c1)OCC2=O. The summed E-state index contributed by atoms with van der Waals surface area (Å²) in [5.74, 6) is 0.719. The fourth-order valence-electron chi connectivity index (χ4n) is 1.26. The third kappa shape index (κ3) is 0.987. The molecule has 2 rings (SSSR count). The van der Waals surface area contributed by atoms with Crippen LogP contribution < -0.4 is 10.5 Å². The van der Waals surface area contributed by atoms with E-state index in [0.717, 1.165) is 5.56 Å². The first-order valence-electron chi connectivity index (χ1n) is 3.80. The molecule has 0 aliphatic carbocycles. The van der Waals surface area contributed by atoms with Crippen LogP contribution in [0, 0.1) is 0 Å². The topological polar surface area (TPSA) is 52.3 Å². The maximum absolute atomic E-state index is 11.1. The molecule has 1 aromatic rings. The molecule has 0 radical (unpaired) electrons. The average Bonchev–Trinajstić information content (AvgIpc) is 2.47. The summed E-state index contributed by atoms with van der Waals surface area (Å²) in [5.41, 5.74) is 7.10. The van der Waals surface area contributed by atoms with Crippen LogP contribution in [0.5, 0.6) is 5.75 Å². The van der Waals surface area contributed by atoms with Crippen LogP contribution >= 0.6 is 0 Å². The Morgan fingerprint density at radius 1 is 1.50 bits per heavy atom. The zero-order valence-electron chi connectivity index (χ0n) is 6.54. The number of ether oxygens (including phenoxy) is 1. The molecule has 12 heavy (non-hydrogen) atoms. The van der Waals surface area contributed by atoms with Gasteiger partial charge in [0.1, 0.15) is 5.75 Å². The maximum Gasteiger partial charge on any atom is 0.203 e. The Bertz CT molecular complexity index is 333. The minimum Gasteiger partial charge on any atom is -0.485 e. The first kappa shape index (κ1) is 7.31. The molecule has 2 N–H and O–H groups in total. The highest BCUT2D eigenvalue weighted by Gasteiger charge is 2.20. The molecule has 0 saturated heterocycles. The lowest BCUT2D eigenvalue weighted by atomic mass is 10.1. The van der Waals surface area contributed by atoms with E-state index in [2.05, 4.69) is 0 Å². The Morgan fingerprint density at radius 3 is 3.08 bits per heavy atom. The lowest BCUT2D eigenvalue weighted by molar-refractivity contribution is 0.0961. The summed E-state index contributed by atoms with van der Waals surface area (Å²) in [6.07, 6.45) is 0. The molecule has 0 atom stereocenters. The van der Waals surface area contributed by atoms with Crippen molar-refractivity contribution in [2.24, 2.45) is 5.73 Å². The van der Waals surface area contributed by atoms with E-state index in [0.29, 0.717) is 17.9 Å². The van der Waals surface area contributed by atoms with E-state index >= 15 is 0 Å². The van der Waals surface area contributed by atoms with E-state index in [1.807, 2.05) is 12.1 Å². The summed E-state index contributed by atoms with van der Waals surface area (Å²) in [6, 6.07) is 5.44. The van der Waals surface area contributed by atoms with E-state index in [4.69, 9.17) is 10.5 Å². The van der Waals surface area contributed by atoms with Crippen LogP contribution in [-0.2, 0) is 6.54 Å². The first-order chi connectivity index (χ1) is 5.81. The van der Waals surface area contributed by atoms with Gasteiger partial charge in [0.2, 0.25) is 5.78 Å². The van der Waals surface area contributed by atoms with Crippen LogP contribution in [0.2, 0.25) is 0 Å². The molecule has 1 aromatic carbocycles. The lowest BCUT2D eigenvalue weighted by Gasteiger charge is -1.99. The second kappa shape index (κ2) is 2.60. The van der Waals surface area contributed by atoms with Gasteiger partial charge in [0.25, 0.3) is 0 Å². The zero-order valence-corrected chi connectivity index (χ0v) is 6.54. The number of rotatable bonds is 1. The fourth-order valence-corrected chi connectivity index (χ4v) is 1.26. The predicted octanol–water partition coefficient (Wildman–Crippen LogP) is 0.720. The van der Waals surface area contributed by atoms with Crippen molar-refractivity contribution in [3.05, 3.63) is 29.3 Å². The van der Waals surface area contributed by atoms with E-state index < -0.39 is 0 Å². The zero-order chi connectivity index (χ0) is 8.55. The van der Waals surface area contributed by atoms with Crippen molar-refractivity contribution in [2.75, 3.05) is 6.61 Å². The normalized spacial score (nSPS) is 14.2. The minimum atomic E-state index is 0.0496. The highest BCUT2D eigenvalue weighted by Crippen LogP contribution is 2.25. The molecule has 0 spiro atoms. The number of carbonyl (C=O) groups is 1. The van der Waals surface area contributed by atoms with Gasteiger partial charge in [-0.3, -0.25) is 4.79 Å². The highest BCUT2D eigenvalue weighted by molar-refractivity contribution is 6.02. The summed E-state index contributed by atoms with van der Waals surface area (Å²) in [5, 5.41) is 0. The number of ketones is 1. The highest BCUT2D eigenvalue weighted by atomic mass is 16.5. The van der Waals surface area contributed by atoms with Crippen LogP contribution in [0.15, 0.2) is 18.2 Å². The molecule has 0 unspecified atom stereocenters. The van der Waals surface area contributed by atoms with Gasteiger partial charge in [0, 0.05) is 6.54 Å². The third-order valence-electron chi connectivity index (χ3n) is 1.94. The number of nitrogens with two attached hydrogens (primary N) is 1. The maximum atomic E-state index is 11.1. The predicted molar refractivity (Wildman–Crippen MR) is 44.2 cm³/mol. The summed E-state index contributed by atoms with van der Waals surface area (Å²) in [7, 11) is 0. The van der Waals surface area contributed by atoms with Crippen LogP contribution in [-0.4, -0.2) is 12.4 Å². The van der Waals surface area contributed by atoms with Crippen molar-refractivity contribution in [1.82, 2.24) is 0 Å². The molecule has 1 aliphatic heterocycles. The largest absolute Gasteiger partial charge is 0.485 e. The molecule has 3 heteroatoms. The molecule has 62 valence electrons. The van der Waals surface area contributed by atoms with Gasteiger partial charge in [-0.15, -0.1) is 0 Å². The van der Waals surface area contributed by atoms with Crippen molar-refractivity contribution in [3.63, 3.8) is 0 Å². The van der Waals surface area contributed by atoms with Gasteiger partial charge in [-0.05, 0) is 17.7 Å². The van der Waals surface area contributed by atoms with E-state index in [9.17, 15) is 4.79 Å². The molecule has 0 amide bonds. The van der Waals surface area contributed by atoms with E-state index in [1.165, 1.54) is 0 Å². The molecule has 1 heterocycles. The summed E-state index contributed by atoms with van der Waals surface area (Å²) in [4.78, 5) is 11.1. The Kier molecular flexibility index (Phi) is 1.59. The van der Waals surface area contributed by atoms with Gasteiger partial charge in [0.05, 0.1) is 5.56 Å². The molecular formula is C9H9NO2. The van der Waals surface area contributed by atoms with Crippen molar-refractivity contribution >= 4 is 5.78 Å². The molecule has 3 nitrogen and oxygen atoms in total. The smallest absolute Gasteiger partial charge is 0.203 e. The number of hydrogen-bond acceptors (Lipinski definition) is 3. The lowest BCUT2D eigenvalue weighted by Crippen LogP contribution is -1.98. The number of benzene rings is 1. The van der Waals surface area contributed by atoms with Crippen molar-refractivity contribution < 1.29 is 9.53 Å². The van der Waals surface area contributed by atoms with Crippen LogP contribution in [0.1, 0.15) is 15.9 Å².